The summed E-state index contributed by atoms with van der Waals surface area (Å²) >= 11 is 0. The Labute approximate surface area is 121 Å². The van der Waals surface area contributed by atoms with Gasteiger partial charge in [-0.3, -0.25) is 0 Å². The van der Waals surface area contributed by atoms with Gasteiger partial charge in [0.2, 0.25) is 0 Å². The molecular formula is C17H25N3. The molecule has 0 radical (unpaired) electrons. The minimum Gasteiger partial charge on any atom is -0.331 e. The van der Waals surface area contributed by atoms with Gasteiger partial charge >= 0.3 is 0 Å². The standard InChI is InChI=1S/C17H25N3/c1-20-16-9-5-4-8-15(16)19-17(20)12-14(18)11-10-13-6-2-3-7-13/h4-5,8-9,13-14H,2-3,6-7,10-12,18H2,1H3. The Hall–Kier alpha value is -1.35. The summed E-state index contributed by atoms with van der Waals surface area (Å²) in [7, 11) is 2.09. The van der Waals surface area contributed by atoms with Gasteiger partial charge in [0.15, 0.2) is 0 Å². The number of para-hydroxylation sites is 2. The number of nitrogens with zero attached hydrogens (tertiary/aromatic N) is 2. The Morgan fingerprint density at radius 3 is 2.80 bits per heavy atom. The molecule has 0 bridgehead atoms. The van der Waals surface area contributed by atoms with Gasteiger partial charge in [-0.15, -0.1) is 0 Å². The van der Waals surface area contributed by atoms with E-state index in [4.69, 9.17) is 10.7 Å². The molecule has 0 amide bonds. The normalized spacial score (nSPS) is 17.9. The number of aromatic nitrogens is 2. The number of fused-ring (bicyclic) bond motifs is 1. The van der Waals surface area contributed by atoms with Crippen LogP contribution in [0.4, 0.5) is 0 Å². The van der Waals surface area contributed by atoms with Gasteiger partial charge in [-0.2, -0.15) is 0 Å². The molecule has 0 aliphatic heterocycles. The van der Waals surface area contributed by atoms with Gasteiger partial charge in [-0.1, -0.05) is 37.8 Å². The summed E-state index contributed by atoms with van der Waals surface area (Å²) in [5, 5.41) is 0. The Kier molecular flexibility index (Phi) is 4.06. The lowest BCUT2D eigenvalue weighted by Crippen LogP contribution is -2.25. The molecule has 20 heavy (non-hydrogen) atoms. The number of imidazole rings is 1. The van der Waals surface area contributed by atoms with Crippen molar-refractivity contribution in [2.24, 2.45) is 18.7 Å². The second-order valence-corrected chi connectivity index (χ2v) is 6.27. The topological polar surface area (TPSA) is 43.8 Å². The molecule has 1 fully saturated rings. The molecule has 108 valence electrons. The lowest BCUT2D eigenvalue weighted by Gasteiger charge is -2.14. The summed E-state index contributed by atoms with van der Waals surface area (Å²) in [5.74, 6) is 2.05. The third kappa shape index (κ3) is 2.88. The van der Waals surface area contributed by atoms with Crippen molar-refractivity contribution in [2.75, 3.05) is 0 Å². The maximum atomic E-state index is 6.32. The first kappa shape index (κ1) is 13.6. The van der Waals surface area contributed by atoms with Crippen molar-refractivity contribution < 1.29 is 0 Å². The number of aryl methyl sites for hydroxylation is 1. The molecule has 1 aromatic carbocycles. The van der Waals surface area contributed by atoms with E-state index in [1.165, 1.54) is 37.6 Å². The predicted molar refractivity (Wildman–Crippen MR) is 83.6 cm³/mol. The van der Waals surface area contributed by atoms with Crippen molar-refractivity contribution >= 4 is 11.0 Å². The molecule has 0 spiro atoms. The highest BCUT2D eigenvalue weighted by Crippen LogP contribution is 2.29. The minimum atomic E-state index is 0.242. The molecule has 1 aliphatic carbocycles. The smallest absolute Gasteiger partial charge is 0.111 e. The third-order valence-electron chi connectivity index (χ3n) is 4.74. The van der Waals surface area contributed by atoms with Crippen LogP contribution in [0.2, 0.25) is 0 Å². The summed E-state index contributed by atoms with van der Waals surface area (Å²) in [6.07, 6.45) is 8.99. The Morgan fingerprint density at radius 1 is 1.30 bits per heavy atom. The van der Waals surface area contributed by atoms with Crippen LogP contribution in [-0.2, 0) is 13.5 Å². The third-order valence-corrected chi connectivity index (χ3v) is 4.74. The van der Waals surface area contributed by atoms with E-state index in [1.54, 1.807) is 0 Å². The maximum Gasteiger partial charge on any atom is 0.111 e. The van der Waals surface area contributed by atoms with Gasteiger partial charge in [0.1, 0.15) is 5.82 Å². The average Bonchev–Trinajstić information content (AvgIpc) is 3.07. The van der Waals surface area contributed by atoms with Crippen LogP contribution in [0.3, 0.4) is 0 Å². The quantitative estimate of drug-likeness (QED) is 0.905. The molecular weight excluding hydrogens is 246 g/mol. The van der Waals surface area contributed by atoms with Gasteiger partial charge in [0, 0.05) is 19.5 Å². The van der Waals surface area contributed by atoms with Crippen LogP contribution in [-0.4, -0.2) is 15.6 Å². The van der Waals surface area contributed by atoms with Crippen LogP contribution in [0.1, 0.15) is 44.3 Å². The molecule has 2 N–H and O–H groups in total. The highest BCUT2D eigenvalue weighted by Gasteiger charge is 2.17. The number of benzene rings is 1. The maximum absolute atomic E-state index is 6.32. The first-order valence-corrected chi connectivity index (χ1v) is 7.90. The monoisotopic (exact) mass is 271 g/mol. The Balaban J connectivity index is 1.61. The highest BCUT2D eigenvalue weighted by molar-refractivity contribution is 5.75. The Morgan fingerprint density at radius 2 is 2.05 bits per heavy atom. The molecule has 1 aliphatic rings. The predicted octanol–water partition coefficient (Wildman–Crippen LogP) is 3.41. The van der Waals surface area contributed by atoms with Gasteiger partial charge in [0.05, 0.1) is 11.0 Å². The van der Waals surface area contributed by atoms with Crippen molar-refractivity contribution in [3.8, 4) is 0 Å². The van der Waals surface area contributed by atoms with E-state index in [-0.39, 0.29) is 6.04 Å². The fourth-order valence-electron chi connectivity index (χ4n) is 3.46. The molecule has 2 aromatic rings. The number of hydrogen-bond acceptors (Lipinski definition) is 2. The lowest BCUT2D eigenvalue weighted by atomic mass is 9.97. The summed E-state index contributed by atoms with van der Waals surface area (Å²) in [6, 6.07) is 8.54. The van der Waals surface area contributed by atoms with Crippen molar-refractivity contribution in [1.82, 2.24) is 9.55 Å². The summed E-state index contributed by atoms with van der Waals surface area (Å²) in [4.78, 5) is 4.71. The van der Waals surface area contributed by atoms with E-state index >= 15 is 0 Å². The number of rotatable bonds is 5. The highest BCUT2D eigenvalue weighted by atomic mass is 15.1. The molecule has 1 saturated carbocycles. The molecule has 1 unspecified atom stereocenters. The van der Waals surface area contributed by atoms with Gasteiger partial charge in [0.25, 0.3) is 0 Å². The van der Waals surface area contributed by atoms with Crippen LogP contribution in [0.25, 0.3) is 11.0 Å². The first-order chi connectivity index (χ1) is 9.74. The molecule has 1 heterocycles. The van der Waals surface area contributed by atoms with Crippen molar-refractivity contribution in [3.63, 3.8) is 0 Å². The summed E-state index contributed by atoms with van der Waals surface area (Å²) < 4.78 is 2.19. The number of hydrogen-bond donors (Lipinski definition) is 1. The largest absolute Gasteiger partial charge is 0.331 e. The van der Waals surface area contributed by atoms with E-state index in [2.05, 4.69) is 29.8 Å². The van der Waals surface area contributed by atoms with E-state index in [1.807, 2.05) is 6.07 Å². The number of nitrogens with two attached hydrogens (primary N) is 1. The van der Waals surface area contributed by atoms with Gasteiger partial charge < -0.3 is 10.3 Å². The van der Waals surface area contributed by atoms with Crippen molar-refractivity contribution in [1.29, 1.82) is 0 Å². The second-order valence-electron chi connectivity index (χ2n) is 6.27. The van der Waals surface area contributed by atoms with Crippen LogP contribution >= 0.6 is 0 Å². The minimum absolute atomic E-state index is 0.242. The van der Waals surface area contributed by atoms with Crippen LogP contribution < -0.4 is 5.73 Å². The summed E-state index contributed by atoms with van der Waals surface area (Å²) in [6.45, 7) is 0. The molecule has 1 aromatic heterocycles. The van der Waals surface area contributed by atoms with Crippen LogP contribution in [0, 0.1) is 5.92 Å². The molecule has 3 nitrogen and oxygen atoms in total. The van der Waals surface area contributed by atoms with Crippen molar-refractivity contribution in [2.45, 2.75) is 51.0 Å². The molecule has 0 saturated heterocycles. The fourth-order valence-corrected chi connectivity index (χ4v) is 3.46. The van der Waals surface area contributed by atoms with E-state index in [0.717, 1.165) is 30.1 Å². The van der Waals surface area contributed by atoms with E-state index in [9.17, 15) is 0 Å². The van der Waals surface area contributed by atoms with Gasteiger partial charge in [-0.05, 0) is 30.9 Å². The summed E-state index contributed by atoms with van der Waals surface area (Å²) in [5.41, 5.74) is 8.60. The average molecular weight is 271 g/mol. The SMILES string of the molecule is Cn1c(CC(N)CCC2CCCC2)nc2ccccc21. The van der Waals surface area contributed by atoms with Gasteiger partial charge in [-0.25, -0.2) is 4.98 Å². The second kappa shape index (κ2) is 5.96. The van der Waals surface area contributed by atoms with E-state index < -0.39 is 0 Å². The molecule has 3 rings (SSSR count). The first-order valence-electron chi connectivity index (χ1n) is 7.90. The zero-order chi connectivity index (χ0) is 13.9. The molecule has 3 heteroatoms. The Bertz CT molecular complexity index is 567. The molecule has 1 atom stereocenters. The zero-order valence-corrected chi connectivity index (χ0v) is 12.4. The fraction of sp³-hybridized carbons (Fsp3) is 0.588. The van der Waals surface area contributed by atoms with Crippen molar-refractivity contribution in [3.05, 3.63) is 30.1 Å². The van der Waals surface area contributed by atoms with Crippen LogP contribution in [0.15, 0.2) is 24.3 Å². The van der Waals surface area contributed by atoms with Crippen LogP contribution in [0.5, 0.6) is 0 Å². The zero-order valence-electron chi connectivity index (χ0n) is 12.4. The lowest BCUT2D eigenvalue weighted by molar-refractivity contribution is 0.443. The van der Waals surface area contributed by atoms with E-state index in [0.29, 0.717) is 0 Å².